The van der Waals surface area contributed by atoms with Gasteiger partial charge in [-0.3, -0.25) is 0 Å². The van der Waals surface area contributed by atoms with Crippen molar-refractivity contribution in [2.45, 2.75) is 32.2 Å². The molecule has 20 heavy (non-hydrogen) atoms. The molecule has 0 amide bonds. The predicted molar refractivity (Wildman–Crippen MR) is 83.5 cm³/mol. The molecule has 0 saturated heterocycles. The highest BCUT2D eigenvalue weighted by Gasteiger charge is 2.20. The Morgan fingerprint density at radius 2 is 1.65 bits per heavy atom. The highest BCUT2D eigenvalue weighted by Crippen LogP contribution is 2.25. The summed E-state index contributed by atoms with van der Waals surface area (Å²) in [7, 11) is 0. The molecule has 0 radical (unpaired) electrons. The van der Waals surface area contributed by atoms with Crippen LogP contribution in [0.4, 0.5) is 5.69 Å². The molecule has 104 valence electrons. The SMILES string of the molecule is CCCOc1ccc(NC2Cc3ccccc3C2)cc1. The quantitative estimate of drug-likeness (QED) is 0.882. The Labute approximate surface area is 120 Å². The summed E-state index contributed by atoms with van der Waals surface area (Å²) < 4.78 is 5.60. The van der Waals surface area contributed by atoms with Crippen molar-refractivity contribution in [1.29, 1.82) is 0 Å². The van der Waals surface area contributed by atoms with Gasteiger partial charge in [0.05, 0.1) is 6.61 Å². The molecule has 0 saturated carbocycles. The second-order valence-electron chi connectivity index (χ2n) is 5.39. The van der Waals surface area contributed by atoms with Crippen molar-refractivity contribution in [2.75, 3.05) is 11.9 Å². The molecular weight excluding hydrogens is 246 g/mol. The Balaban J connectivity index is 1.59. The van der Waals surface area contributed by atoms with E-state index < -0.39 is 0 Å². The summed E-state index contributed by atoms with van der Waals surface area (Å²) in [6, 6.07) is 17.5. The number of hydrogen-bond acceptors (Lipinski definition) is 2. The van der Waals surface area contributed by atoms with Crippen molar-refractivity contribution in [3.05, 3.63) is 59.7 Å². The highest BCUT2D eigenvalue weighted by atomic mass is 16.5. The first-order chi connectivity index (χ1) is 9.85. The molecule has 3 rings (SSSR count). The van der Waals surface area contributed by atoms with E-state index >= 15 is 0 Å². The molecule has 2 nitrogen and oxygen atoms in total. The van der Waals surface area contributed by atoms with Gasteiger partial charge in [-0.1, -0.05) is 31.2 Å². The fourth-order valence-electron chi connectivity index (χ4n) is 2.76. The zero-order valence-electron chi connectivity index (χ0n) is 11.9. The number of rotatable bonds is 5. The van der Waals surface area contributed by atoms with E-state index in [0.29, 0.717) is 6.04 Å². The van der Waals surface area contributed by atoms with Gasteiger partial charge >= 0.3 is 0 Å². The van der Waals surface area contributed by atoms with Crippen molar-refractivity contribution >= 4 is 5.69 Å². The summed E-state index contributed by atoms with van der Waals surface area (Å²) in [6.45, 7) is 2.90. The minimum atomic E-state index is 0.509. The molecule has 0 unspecified atom stereocenters. The number of fused-ring (bicyclic) bond motifs is 1. The lowest BCUT2D eigenvalue weighted by atomic mass is 10.1. The Morgan fingerprint density at radius 1 is 1.00 bits per heavy atom. The number of anilines is 1. The first kappa shape index (κ1) is 13.0. The summed E-state index contributed by atoms with van der Waals surface area (Å²) >= 11 is 0. The lowest BCUT2D eigenvalue weighted by molar-refractivity contribution is 0.317. The Hall–Kier alpha value is -1.96. The molecule has 2 heteroatoms. The number of hydrogen-bond donors (Lipinski definition) is 1. The lowest BCUT2D eigenvalue weighted by Crippen LogP contribution is -2.19. The minimum absolute atomic E-state index is 0.509. The van der Waals surface area contributed by atoms with Gasteiger partial charge in [0.25, 0.3) is 0 Å². The fraction of sp³-hybridized carbons (Fsp3) is 0.333. The van der Waals surface area contributed by atoms with Gasteiger partial charge in [-0.15, -0.1) is 0 Å². The average molecular weight is 267 g/mol. The third-order valence-electron chi connectivity index (χ3n) is 3.75. The largest absolute Gasteiger partial charge is 0.494 e. The molecule has 0 heterocycles. The van der Waals surface area contributed by atoms with Crippen LogP contribution in [-0.2, 0) is 12.8 Å². The topological polar surface area (TPSA) is 21.3 Å². The maximum absolute atomic E-state index is 5.60. The summed E-state index contributed by atoms with van der Waals surface area (Å²) in [6.07, 6.45) is 3.27. The zero-order valence-corrected chi connectivity index (χ0v) is 11.9. The molecule has 0 aromatic heterocycles. The van der Waals surface area contributed by atoms with E-state index in [1.165, 1.54) is 16.8 Å². The molecule has 0 spiro atoms. The number of ether oxygens (including phenoxy) is 1. The van der Waals surface area contributed by atoms with Crippen LogP contribution in [0.1, 0.15) is 24.5 Å². The van der Waals surface area contributed by atoms with Gasteiger partial charge in [-0.2, -0.15) is 0 Å². The monoisotopic (exact) mass is 267 g/mol. The molecule has 1 aliphatic carbocycles. The van der Waals surface area contributed by atoms with Crippen LogP contribution in [0.3, 0.4) is 0 Å². The Kier molecular flexibility index (Phi) is 3.91. The predicted octanol–water partition coefficient (Wildman–Crippen LogP) is 4.05. The van der Waals surface area contributed by atoms with Crippen LogP contribution >= 0.6 is 0 Å². The van der Waals surface area contributed by atoms with Crippen LogP contribution < -0.4 is 10.1 Å². The van der Waals surface area contributed by atoms with Crippen LogP contribution in [0.15, 0.2) is 48.5 Å². The van der Waals surface area contributed by atoms with Gasteiger partial charge in [0.2, 0.25) is 0 Å². The van der Waals surface area contributed by atoms with E-state index in [0.717, 1.165) is 31.6 Å². The van der Waals surface area contributed by atoms with Crippen molar-refractivity contribution < 1.29 is 4.74 Å². The maximum atomic E-state index is 5.60. The molecule has 0 aliphatic heterocycles. The second kappa shape index (κ2) is 6.00. The third kappa shape index (κ3) is 2.96. The number of benzene rings is 2. The van der Waals surface area contributed by atoms with Crippen molar-refractivity contribution in [3.8, 4) is 5.75 Å². The van der Waals surface area contributed by atoms with E-state index in [-0.39, 0.29) is 0 Å². The van der Waals surface area contributed by atoms with E-state index in [1.807, 2.05) is 12.1 Å². The van der Waals surface area contributed by atoms with Crippen LogP contribution in [0.25, 0.3) is 0 Å². The average Bonchev–Trinajstić information content (AvgIpc) is 2.89. The van der Waals surface area contributed by atoms with Gasteiger partial charge in [0.1, 0.15) is 5.75 Å². The number of nitrogens with one attached hydrogen (secondary N) is 1. The van der Waals surface area contributed by atoms with E-state index in [9.17, 15) is 0 Å². The van der Waals surface area contributed by atoms with E-state index in [1.54, 1.807) is 0 Å². The van der Waals surface area contributed by atoms with Gasteiger partial charge in [0, 0.05) is 11.7 Å². The molecule has 2 aromatic carbocycles. The molecule has 0 bridgehead atoms. The standard InChI is InChI=1S/C18H21NO/c1-2-11-20-18-9-7-16(8-10-18)19-17-12-14-5-3-4-6-15(14)13-17/h3-10,17,19H,2,11-13H2,1H3. The first-order valence-corrected chi connectivity index (χ1v) is 7.41. The van der Waals surface area contributed by atoms with Crippen molar-refractivity contribution in [1.82, 2.24) is 0 Å². The van der Waals surface area contributed by atoms with Gasteiger partial charge < -0.3 is 10.1 Å². The van der Waals surface area contributed by atoms with Crippen LogP contribution in [0, 0.1) is 0 Å². The zero-order chi connectivity index (χ0) is 13.8. The second-order valence-corrected chi connectivity index (χ2v) is 5.39. The van der Waals surface area contributed by atoms with Crippen LogP contribution in [-0.4, -0.2) is 12.6 Å². The van der Waals surface area contributed by atoms with Crippen LogP contribution in [0.5, 0.6) is 5.75 Å². The molecule has 0 atom stereocenters. The normalized spacial score (nSPS) is 14.1. The summed E-state index contributed by atoms with van der Waals surface area (Å²) in [4.78, 5) is 0. The van der Waals surface area contributed by atoms with Gasteiger partial charge in [-0.05, 0) is 54.7 Å². The molecule has 0 fully saturated rings. The van der Waals surface area contributed by atoms with E-state index in [4.69, 9.17) is 4.74 Å². The summed E-state index contributed by atoms with van der Waals surface area (Å²) in [5.41, 5.74) is 4.13. The summed E-state index contributed by atoms with van der Waals surface area (Å²) in [5.74, 6) is 0.951. The molecular formula is C18H21NO. The van der Waals surface area contributed by atoms with Gasteiger partial charge in [0.15, 0.2) is 0 Å². The smallest absolute Gasteiger partial charge is 0.119 e. The highest BCUT2D eigenvalue weighted by molar-refractivity contribution is 5.49. The molecule has 1 N–H and O–H groups in total. The van der Waals surface area contributed by atoms with E-state index in [2.05, 4.69) is 48.6 Å². The van der Waals surface area contributed by atoms with Gasteiger partial charge in [-0.25, -0.2) is 0 Å². The maximum Gasteiger partial charge on any atom is 0.119 e. The fourth-order valence-corrected chi connectivity index (χ4v) is 2.76. The van der Waals surface area contributed by atoms with Crippen molar-refractivity contribution in [2.24, 2.45) is 0 Å². The van der Waals surface area contributed by atoms with Crippen LogP contribution in [0.2, 0.25) is 0 Å². The minimum Gasteiger partial charge on any atom is -0.494 e. The first-order valence-electron chi connectivity index (χ1n) is 7.41. The lowest BCUT2D eigenvalue weighted by Gasteiger charge is -2.14. The summed E-state index contributed by atoms with van der Waals surface area (Å²) in [5, 5.41) is 3.62. The van der Waals surface area contributed by atoms with Crippen molar-refractivity contribution in [3.63, 3.8) is 0 Å². The molecule has 1 aliphatic rings. The Morgan fingerprint density at radius 3 is 2.25 bits per heavy atom. The molecule has 2 aromatic rings. The Bertz CT molecular complexity index is 537. The third-order valence-corrected chi connectivity index (χ3v) is 3.75.